The van der Waals surface area contributed by atoms with Crippen molar-refractivity contribution in [2.24, 2.45) is 0 Å². The normalized spacial score (nSPS) is 12.4. The summed E-state index contributed by atoms with van der Waals surface area (Å²) < 4.78 is 22.7. The van der Waals surface area contributed by atoms with E-state index in [1.54, 1.807) is 13.2 Å². The van der Waals surface area contributed by atoms with Crippen LogP contribution in [0.3, 0.4) is 0 Å². The average molecular weight is 426 g/mol. The van der Waals surface area contributed by atoms with Gasteiger partial charge in [0.2, 0.25) is 0 Å². The van der Waals surface area contributed by atoms with Gasteiger partial charge in [0, 0.05) is 29.4 Å². The number of rotatable bonds is 7. The second kappa shape index (κ2) is 9.18. The van der Waals surface area contributed by atoms with E-state index in [1.807, 2.05) is 24.3 Å². The second-order valence-electron chi connectivity index (χ2n) is 7.08. The summed E-state index contributed by atoms with van der Waals surface area (Å²) in [4.78, 5) is 0. The van der Waals surface area contributed by atoms with Crippen LogP contribution >= 0.6 is 11.6 Å². The molecular formula is C24H24ClNO4. The van der Waals surface area contributed by atoms with Crippen molar-refractivity contribution in [3.05, 3.63) is 76.3 Å². The summed E-state index contributed by atoms with van der Waals surface area (Å²) in [7, 11) is 1.63. The molecule has 0 bridgehead atoms. The van der Waals surface area contributed by atoms with Gasteiger partial charge in [-0.2, -0.15) is 0 Å². The maximum absolute atomic E-state index is 6.52. The van der Waals surface area contributed by atoms with Crippen LogP contribution < -0.4 is 24.3 Å². The van der Waals surface area contributed by atoms with Crippen LogP contribution in [0.5, 0.6) is 23.0 Å². The predicted octanol–water partition coefficient (Wildman–Crippen LogP) is 5.62. The number of halogens is 1. The molecule has 3 aromatic rings. The van der Waals surface area contributed by atoms with E-state index in [0.29, 0.717) is 42.9 Å². The highest BCUT2D eigenvalue weighted by Gasteiger charge is 2.14. The lowest BCUT2D eigenvalue weighted by molar-refractivity contribution is 0.171. The average Bonchev–Trinajstić information content (AvgIpc) is 2.78. The first-order chi connectivity index (χ1) is 14.6. The maximum Gasteiger partial charge on any atom is 0.163 e. The zero-order valence-electron chi connectivity index (χ0n) is 17.0. The Hall–Kier alpha value is -3.05. The van der Waals surface area contributed by atoms with Crippen LogP contribution in [0, 0.1) is 6.92 Å². The van der Waals surface area contributed by atoms with Gasteiger partial charge in [-0.25, -0.2) is 0 Å². The van der Waals surface area contributed by atoms with E-state index in [4.69, 9.17) is 30.5 Å². The molecule has 1 aliphatic rings. The molecule has 0 radical (unpaired) electrons. The van der Waals surface area contributed by atoms with Crippen LogP contribution in [-0.2, 0) is 13.2 Å². The molecule has 0 unspecified atom stereocenters. The van der Waals surface area contributed by atoms with Gasteiger partial charge < -0.3 is 24.3 Å². The first kappa shape index (κ1) is 20.2. The first-order valence-electron chi connectivity index (χ1n) is 9.80. The van der Waals surface area contributed by atoms with Crippen molar-refractivity contribution in [3.8, 4) is 23.0 Å². The molecule has 1 heterocycles. The summed E-state index contributed by atoms with van der Waals surface area (Å²) in [6.45, 7) is 4.18. The fourth-order valence-corrected chi connectivity index (χ4v) is 3.40. The monoisotopic (exact) mass is 425 g/mol. The molecule has 0 amide bonds. The van der Waals surface area contributed by atoms with E-state index in [0.717, 1.165) is 28.3 Å². The molecule has 6 heteroatoms. The highest BCUT2D eigenvalue weighted by Crippen LogP contribution is 2.35. The Labute approximate surface area is 181 Å². The number of fused-ring (bicyclic) bond motifs is 1. The maximum atomic E-state index is 6.52. The highest BCUT2D eigenvalue weighted by molar-refractivity contribution is 6.31. The molecule has 0 aliphatic carbocycles. The third kappa shape index (κ3) is 4.74. The van der Waals surface area contributed by atoms with Gasteiger partial charge in [-0.15, -0.1) is 0 Å². The van der Waals surface area contributed by atoms with E-state index in [2.05, 4.69) is 36.5 Å². The van der Waals surface area contributed by atoms with Gasteiger partial charge in [-0.05, 0) is 36.2 Å². The highest BCUT2D eigenvalue weighted by atomic mass is 35.5. The summed E-state index contributed by atoms with van der Waals surface area (Å²) in [5, 5.41) is 3.98. The number of aryl methyl sites for hydroxylation is 1. The van der Waals surface area contributed by atoms with Crippen LogP contribution in [-0.4, -0.2) is 20.3 Å². The van der Waals surface area contributed by atoms with Crippen molar-refractivity contribution in [1.29, 1.82) is 0 Å². The van der Waals surface area contributed by atoms with Crippen LogP contribution in [0.2, 0.25) is 5.02 Å². The van der Waals surface area contributed by atoms with E-state index < -0.39 is 0 Å². The molecule has 0 saturated heterocycles. The van der Waals surface area contributed by atoms with Gasteiger partial charge in [0.1, 0.15) is 19.8 Å². The van der Waals surface area contributed by atoms with Crippen LogP contribution in [0.4, 0.5) is 5.69 Å². The van der Waals surface area contributed by atoms with E-state index in [9.17, 15) is 0 Å². The van der Waals surface area contributed by atoms with Crippen LogP contribution in [0.15, 0.2) is 54.6 Å². The third-order valence-electron chi connectivity index (χ3n) is 4.87. The summed E-state index contributed by atoms with van der Waals surface area (Å²) >= 11 is 6.52. The Morgan fingerprint density at radius 1 is 0.933 bits per heavy atom. The molecule has 4 rings (SSSR count). The van der Waals surface area contributed by atoms with Crippen molar-refractivity contribution in [3.63, 3.8) is 0 Å². The fraction of sp³-hybridized carbons (Fsp3) is 0.250. The number of anilines is 1. The molecule has 0 fully saturated rings. The second-order valence-corrected chi connectivity index (χ2v) is 7.49. The SMILES string of the molecule is COc1cc(CNc2ccc3c(c2)OCCO3)c(Cl)cc1OCc1ccc(C)cc1. The predicted molar refractivity (Wildman–Crippen MR) is 118 cm³/mol. The zero-order valence-corrected chi connectivity index (χ0v) is 17.8. The van der Waals surface area contributed by atoms with Crippen molar-refractivity contribution in [1.82, 2.24) is 0 Å². The van der Waals surface area contributed by atoms with Crippen LogP contribution in [0.1, 0.15) is 16.7 Å². The topological polar surface area (TPSA) is 49.0 Å². The van der Waals surface area contributed by atoms with E-state index in [1.165, 1.54) is 5.56 Å². The summed E-state index contributed by atoms with van der Waals surface area (Å²) in [5.74, 6) is 2.77. The Bertz CT molecular complexity index is 1020. The molecular weight excluding hydrogens is 402 g/mol. The quantitative estimate of drug-likeness (QED) is 0.532. The lowest BCUT2D eigenvalue weighted by Gasteiger charge is -2.19. The molecule has 0 atom stereocenters. The molecule has 0 saturated carbocycles. The number of ether oxygens (including phenoxy) is 4. The first-order valence-corrected chi connectivity index (χ1v) is 10.2. The van der Waals surface area contributed by atoms with Gasteiger partial charge in [-0.1, -0.05) is 41.4 Å². The minimum Gasteiger partial charge on any atom is -0.493 e. The zero-order chi connectivity index (χ0) is 20.9. The van der Waals surface area contributed by atoms with Gasteiger partial charge in [0.15, 0.2) is 23.0 Å². The molecule has 0 spiro atoms. The number of nitrogens with one attached hydrogen (secondary N) is 1. The third-order valence-corrected chi connectivity index (χ3v) is 5.22. The molecule has 3 aromatic carbocycles. The smallest absolute Gasteiger partial charge is 0.163 e. The van der Waals surface area contributed by atoms with E-state index in [-0.39, 0.29) is 0 Å². The Kier molecular flexibility index (Phi) is 6.19. The summed E-state index contributed by atoms with van der Waals surface area (Å²) in [5.41, 5.74) is 4.14. The van der Waals surface area contributed by atoms with E-state index >= 15 is 0 Å². The molecule has 1 aliphatic heterocycles. The van der Waals surface area contributed by atoms with Crippen molar-refractivity contribution >= 4 is 17.3 Å². The number of hydrogen-bond acceptors (Lipinski definition) is 5. The molecule has 1 N–H and O–H groups in total. The minimum atomic E-state index is 0.446. The molecule has 156 valence electrons. The van der Waals surface area contributed by atoms with Gasteiger partial charge in [0.05, 0.1) is 7.11 Å². The van der Waals surface area contributed by atoms with Crippen molar-refractivity contribution in [2.75, 3.05) is 25.6 Å². The van der Waals surface area contributed by atoms with Crippen molar-refractivity contribution in [2.45, 2.75) is 20.1 Å². The van der Waals surface area contributed by atoms with Gasteiger partial charge in [0.25, 0.3) is 0 Å². The Morgan fingerprint density at radius 3 is 2.47 bits per heavy atom. The lowest BCUT2D eigenvalue weighted by atomic mass is 10.1. The fourth-order valence-electron chi connectivity index (χ4n) is 3.18. The molecule has 0 aromatic heterocycles. The van der Waals surface area contributed by atoms with Crippen molar-refractivity contribution < 1.29 is 18.9 Å². The lowest BCUT2D eigenvalue weighted by Crippen LogP contribution is -2.15. The number of hydrogen-bond donors (Lipinski definition) is 1. The molecule has 5 nitrogen and oxygen atoms in total. The molecule has 30 heavy (non-hydrogen) atoms. The summed E-state index contributed by atoms with van der Waals surface area (Å²) in [6, 6.07) is 17.7. The Balaban J connectivity index is 1.44. The minimum absolute atomic E-state index is 0.446. The van der Waals surface area contributed by atoms with Gasteiger partial charge in [-0.3, -0.25) is 0 Å². The number of methoxy groups -OCH3 is 1. The van der Waals surface area contributed by atoms with Crippen LogP contribution in [0.25, 0.3) is 0 Å². The largest absolute Gasteiger partial charge is 0.493 e. The standard InChI is InChI=1S/C24H24ClNO4/c1-16-3-5-17(6-4-16)15-30-24-13-20(25)18(11-22(24)27-2)14-26-19-7-8-21-23(12-19)29-10-9-28-21/h3-8,11-13,26H,9-10,14-15H2,1-2H3. The summed E-state index contributed by atoms with van der Waals surface area (Å²) in [6.07, 6.45) is 0. The van der Waals surface area contributed by atoms with Gasteiger partial charge >= 0.3 is 0 Å². The number of benzene rings is 3. The Morgan fingerprint density at radius 2 is 1.70 bits per heavy atom.